The maximum Gasteiger partial charge on any atom is 0.322 e. The minimum atomic E-state index is -1.10. The van der Waals surface area contributed by atoms with Crippen molar-refractivity contribution in [1.82, 2.24) is 9.88 Å². The molecular weight excluding hydrogens is 236 g/mol. The Kier molecular flexibility index (Phi) is 2.93. The maximum absolute atomic E-state index is 11.8. The number of carboxylic acid groups (broad SMARTS) is 1. The van der Waals surface area contributed by atoms with Gasteiger partial charge in [0, 0.05) is 18.5 Å². The molecule has 0 aliphatic rings. The molecule has 0 aliphatic heterocycles. The summed E-state index contributed by atoms with van der Waals surface area (Å²) in [6, 6.07) is 6.41. The molecule has 2 aromatic rings. The highest BCUT2D eigenvalue weighted by Gasteiger charge is 2.14. The summed E-state index contributed by atoms with van der Waals surface area (Å²) < 4.78 is 1.60. The number of carbonyl (C=O) groups excluding carboxylic acids is 1. The van der Waals surface area contributed by atoms with Gasteiger partial charge in [-0.3, -0.25) is 9.59 Å². The van der Waals surface area contributed by atoms with Crippen molar-refractivity contribution >= 4 is 22.8 Å². The standard InChI is InChI=1S/C12H12N2O4/c1-14-9-5-8(15)3-2-7(9)4-10(14)12(18)13-6-11(16)17/h2-5,15H,6H2,1H3,(H,13,18)(H,16,17). The van der Waals surface area contributed by atoms with Crippen molar-refractivity contribution in [2.24, 2.45) is 7.05 Å². The smallest absolute Gasteiger partial charge is 0.322 e. The molecule has 1 aromatic carbocycles. The molecule has 0 aliphatic carbocycles. The topological polar surface area (TPSA) is 91.6 Å². The van der Waals surface area contributed by atoms with E-state index < -0.39 is 18.4 Å². The van der Waals surface area contributed by atoms with Crippen molar-refractivity contribution in [2.75, 3.05) is 6.54 Å². The third-order valence-electron chi connectivity index (χ3n) is 2.66. The molecule has 18 heavy (non-hydrogen) atoms. The molecule has 1 amide bonds. The number of benzene rings is 1. The van der Waals surface area contributed by atoms with Gasteiger partial charge >= 0.3 is 5.97 Å². The van der Waals surface area contributed by atoms with Gasteiger partial charge in [0.05, 0.1) is 5.52 Å². The van der Waals surface area contributed by atoms with Crippen molar-refractivity contribution in [3.63, 3.8) is 0 Å². The number of phenols is 1. The van der Waals surface area contributed by atoms with E-state index in [2.05, 4.69) is 5.32 Å². The van der Waals surface area contributed by atoms with Crippen molar-refractivity contribution in [3.05, 3.63) is 30.0 Å². The lowest BCUT2D eigenvalue weighted by Gasteiger charge is -2.04. The van der Waals surface area contributed by atoms with Crippen LogP contribution in [0.25, 0.3) is 10.9 Å². The summed E-state index contributed by atoms with van der Waals surface area (Å²) in [6.45, 7) is -0.425. The molecule has 0 saturated carbocycles. The van der Waals surface area contributed by atoms with Gasteiger partial charge in [0.1, 0.15) is 18.0 Å². The van der Waals surface area contributed by atoms with Crippen LogP contribution in [-0.4, -0.2) is 33.2 Å². The molecule has 0 unspecified atom stereocenters. The summed E-state index contributed by atoms with van der Waals surface area (Å²) in [5.74, 6) is -1.45. The third kappa shape index (κ3) is 2.13. The van der Waals surface area contributed by atoms with Crippen molar-refractivity contribution in [2.45, 2.75) is 0 Å². The normalized spacial score (nSPS) is 10.5. The molecular formula is C12H12N2O4. The number of carbonyl (C=O) groups is 2. The zero-order valence-electron chi connectivity index (χ0n) is 9.67. The lowest BCUT2D eigenvalue weighted by Crippen LogP contribution is -2.30. The van der Waals surface area contributed by atoms with Crippen LogP contribution in [0, 0.1) is 0 Å². The number of nitrogens with one attached hydrogen (secondary N) is 1. The molecule has 94 valence electrons. The highest BCUT2D eigenvalue weighted by Crippen LogP contribution is 2.22. The van der Waals surface area contributed by atoms with E-state index in [1.54, 1.807) is 29.8 Å². The van der Waals surface area contributed by atoms with E-state index >= 15 is 0 Å². The van der Waals surface area contributed by atoms with E-state index in [9.17, 15) is 14.7 Å². The average molecular weight is 248 g/mol. The first kappa shape index (κ1) is 12.0. The number of hydrogen-bond donors (Lipinski definition) is 3. The van der Waals surface area contributed by atoms with E-state index in [0.717, 1.165) is 5.39 Å². The quantitative estimate of drug-likeness (QED) is 0.745. The van der Waals surface area contributed by atoms with E-state index in [4.69, 9.17) is 5.11 Å². The van der Waals surface area contributed by atoms with Gasteiger partial charge in [-0.15, -0.1) is 0 Å². The highest BCUT2D eigenvalue weighted by molar-refractivity contribution is 5.99. The first-order chi connectivity index (χ1) is 8.49. The number of aryl methyl sites for hydroxylation is 1. The fourth-order valence-corrected chi connectivity index (χ4v) is 1.78. The van der Waals surface area contributed by atoms with E-state index in [0.29, 0.717) is 11.2 Å². The molecule has 1 aromatic heterocycles. The van der Waals surface area contributed by atoms with Crippen LogP contribution in [0.5, 0.6) is 5.75 Å². The fraction of sp³-hybridized carbons (Fsp3) is 0.167. The molecule has 3 N–H and O–H groups in total. The zero-order valence-corrected chi connectivity index (χ0v) is 9.67. The number of amides is 1. The van der Waals surface area contributed by atoms with Gasteiger partial charge in [0.2, 0.25) is 0 Å². The minimum Gasteiger partial charge on any atom is -0.508 e. The summed E-state index contributed by atoms with van der Waals surface area (Å²) in [5.41, 5.74) is 1.05. The molecule has 0 atom stereocenters. The highest BCUT2D eigenvalue weighted by atomic mass is 16.4. The summed E-state index contributed by atoms with van der Waals surface area (Å²) in [7, 11) is 1.68. The Morgan fingerprint density at radius 2 is 2.06 bits per heavy atom. The van der Waals surface area contributed by atoms with Crippen LogP contribution in [0.1, 0.15) is 10.5 Å². The minimum absolute atomic E-state index is 0.112. The first-order valence-electron chi connectivity index (χ1n) is 5.27. The summed E-state index contributed by atoms with van der Waals surface area (Å²) >= 11 is 0. The molecule has 0 fully saturated rings. The van der Waals surface area contributed by atoms with Crippen molar-refractivity contribution < 1.29 is 19.8 Å². The lowest BCUT2D eigenvalue weighted by atomic mass is 10.2. The SMILES string of the molecule is Cn1c(C(=O)NCC(=O)O)cc2ccc(O)cc21. The van der Waals surface area contributed by atoms with Crippen LogP contribution in [0.3, 0.4) is 0 Å². The Morgan fingerprint density at radius 3 is 2.72 bits per heavy atom. The van der Waals surface area contributed by atoms with Gasteiger partial charge < -0.3 is 20.1 Å². The molecule has 0 saturated heterocycles. The predicted octanol–water partition coefficient (Wildman–Crippen LogP) is 0.698. The van der Waals surface area contributed by atoms with Gasteiger partial charge in [0.25, 0.3) is 5.91 Å². The molecule has 2 rings (SSSR count). The van der Waals surface area contributed by atoms with Crippen LogP contribution < -0.4 is 5.32 Å². The molecule has 0 spiro atoms. The number of aliphatic carboxylic acids is 1. The largest absolute Gasteiger partial charge is 0.508 e. The van der Waals surface area contributed by atoms with Crippen molar-refractivity contribution in [3.8, 4) is 5.75 Å². The second kappa shape index (κ2) is 4.40. The van der Waals surface area contributed by atoms with E-state index in [1.807, 2.05) is 0 Å². The number of aromatic hydroxyl groups is 1. The number of phenolic OH excluding ortho intramolecular Hbond substituents is 1. The Balaban J connectivity index is 2.36. The predicted molar refractivity (Wildman–Crippen MR) is 64.6 cm³/mol. The number of hydrogen-bond acceptors (Lipinski definition) is 3. The monoisotopic (exact) mass is 248 g/mol. The van der Waals surface area contributed by atoms with Gasteiger partial charge in [-0.2, -0.15) is 0 Å². The van der Waals surface area contributed by atoms with Crippen LogP contribution in [-0.2, 0) is 11.8 Å². The fourth-order valence-electron chi connectivity index (χ4n) is 1.78. The summed E-state index contributed by atoms with van der Waals surface area (Å²) in [4.78, 5) is 22.1. The average Bonchev–Trinajstić information content (AvgIpc) is 2.64. The Labute approximate surface area is 102 Å². The van der Waals surface area contributed by atoms with Crippen LogP contribution >= 0.6 is 0 Å². The van der Waals surface area contributed by atoms with E-state index in [1.165, 1.54) is 6.07 Å². The van der Waals surface area contributed by atoms with Gasteiger partial charge in [0.15, 0.2) is 0 Å². The number of carboxylic acids is 1. The summed E-state index contributed by atoms with van der Waals surface area (Å²) in [6.07, 6.45) is 0. The van der Waals surface area contributed by atoms with Crippen LogP contribution in [0.15, 0.2) is 24.3 Å². The third-order valence-corrected chi connectivity index (χ3v) is 2.66. The second-order valence-electron chi connectivity index (χ2n) is 3.91. The molecule has 6 nitrogen and oxygen atoms in total. The van der Waals surface area contributed by atoms with Crippen LogP contribution in [0.2, 0.25) is 0 Å². The number of fused-ring (bicyclic) bond motifs is 1. The van der Waals surface area contributed by atoms with Gasteiger partial charge in [-0.25, -0.2) is 0 Å². The van der Waals surface area contributed by atoms with Crippen molar-refractivity contribution in [1.29, 1.82) is 0 Å². The van der Waals surface area contributed by atoms with Crippen LogP contribution in [0.4, 0.5) is 0 Å². The number of rotatable bonds is 3. The molecule has 0 bridgehead atoms. The lowest BCUT2D eigenvalue weighted by molar-refractivity contribution is -0.135. The molecule has 1 heterocycles. The van der Waals surface area contributed by atoms with E-state index in [-0.39, 0.29) is 5.75 Å². The molecule has 6 heteroatoms. The van der Waals surface area contributed by atoms with Gasteiger partial charge in [-0.1, -0.05) is 0 Å². The summed E-state index contributed by atoms with van der Waals surface area (Å²) in [5, 5.41) is 21.0. The number of aromatic nitrogens is 1. The first-order valence-corrected chi connectivity index (χ1v) is 5.27. The maximum atomic E-state index is 11.8. The van der Waals surface area contributed by atoms with Gasteiger partial charge in [-0.05, 0) is 18.2 Å². The number of nitrogens with zero attached hydrogens (tertiary/aromatic N) is 1. The Hall–Kier alpha value is -2.50. The molecule has 0 radical (unpaired) electrons. The Morgan fingerprint density at radius 1 is 1.33 bits per heavy atom. The zero-order chi connectivity index (χ0) is 13.3. The second-order valence-corrected chi connectivity index (χ2v) is 3.91. The Bertz CT molecular complexity index is 630.